The molecule has 2 atom stereocenters. The molecular formula is C17H21NO3. The van der Waals surface area contributed by atoms with Gasteiger partial charge in [0.15, 0.2) is 0 Å². The van der Waals surface area contributed by atoms with Crippen LogP contribution < -0.4 is 5.32 Å². The first-order chi connectivity index (χ1) is 10.2. The van der Waals surface area contributed by atoms with Gasteiger partial charge in [-0.25, -0.2) is 4.79 Å². The van der Waals surface area contributed by atoms with Crippen molar-refractivity contribution >= 4 is 11.9 Å². The molecule has 0 aromatic heterocycles. The number of fused-ring (bicyclic) bond motifs is 1. The predicted molar refractivity (Wildman–Crippen MR) is 78.7 cm³/mol. The van der Waals surface area contributed by atoms with Crippen LogP contribution in [0.4, 0.5) is 0 Å². The number of carbonyl (C=O) groups is 2. The highest BCUT2D eigenvalue weighted by Gasteiger charge is 2.27. The molecular weight excluding hydrogens is 266 g/mol. The minimum absolute atomic E-state index is 0.289. The van der Waals surface area contributed by atoms with Crippen LogP contribution in [0.2, 0.25) is 0 Å². The van der Waals surface area contributed by atoms with Gasteiger partial charge >= 0.3 is 11.9 Å². The molecule has 1 fully saturated rings. The van der Waals surface area contributed by atoms with Gasteiger partial charge in [-0.3, -0.25) is 4.79 Å². The largest absolute Gasteiger partial charge is 0.392 e. The third kappa shape index (κ3) is 3.50. The molecule has 1 aliphatic carbocycles. The number of nitrogens with one attached hydrogen (secondary N) is 1. The number of aryl methyl sites for hydroxylation is 1. The van der Waals surface area contributed by atoms with E-state index in [0.29, 0.717) is 6.42 Å². The fourth-order valence-corrected chi connectivity index (χ4v) is 3.29. The van der Waals surface area contributed by atoms with Crippen LogP contribution in [0.5, 0.6) is 0 Å². The standard InChI is InChI=1S/C17H21NO3/c19-16(21-17(20)15-6-3-9-18-15)11-12-7-8-13-4-1-2-5-14(13)10-12/h1-2,4-5,12,15,18H,3,6-11H2/t12?,15-/m0/s1. The van der Waals surface area contributed by atoms with Gasteiger partial charge < -0.3 is 10.1 Å². The number of esters is 2. The predicted octanol–water partition coefficient (Wildman–Crippen LogP) is 2.00. The smallest absolute Gasteiger partial charge is 0.330 e. The molecule has 3 rings (SSSR count). The van der Waals surface area contributed by atoms with E-state index < -0.39 is 5.97 Å². The molecule has 1 unspecified atom stereocenters. The molecule has 4 heteroatoms. The monoisotopic (exact) mass is 287 g/mol. The van der Waals surface area contributed by atoms with Crippen molar-refractivity contribution in [1.82, 2.24) is 5.32 Å². The second-order valence-electron chi connectivity index (χ2n) is 6.02. The first-order valence-electron chi connectivity index (χ1n) is 7.77. The van der Waals surface area contributed by atoms with Gasteiger partial charge in [-0.05, 0) is 55.7 Å². The zero-order valence-electron chi connectivity index (χ0n) is 12.1. The fourth-order valence-electron chi connectivity index (χ4n) is 3.29. The summed E-state index contributed by atoms with van der Waals surface area (Å²) in [5.74, 6) is -0.497. The maximum atomic E-state index is 11.9. The zero-order chi connectivity index (χ0) is 14.7. The van der Waals surface area contributed by atoms with Crippen molar-refractivity contribution in [2.75, 3.05) is 6.54 Å². The average molecular weight is 287 g/mol. The molecule has 0 saturated carbocycles. The number of hydrogen-bond donors (Lipinski definition) is 1. The Labute approximate surface area is 124 Å². The van der Waals surface area contributed by atoms with Gasteiger partial charge in [0.2, 0.25) is 0 Å². The van der Waals surface area contributed by atoms with Crippen molar-refractivity contribution in [3.05, 3.63) is 35.4 Å². The Balaban J connectivity index is 1.50. The highest BCUT2D eigenvalue weighted by Crippen LogP contribution is 2.27. The molecule has 112 valence electrons. The molecule has 0 radical (unpaired) electrons. The number of hydrogen-bond acceptors (Lipinski definition) is 4. The van der Waals surface area contributed by atoms with Gasteiger partial charge in [0.25, 0.3) is 0 Å². The van der Waals surface area contributed by atoms with Gasteiger partial charge in [0.1, 0.15) is 6.04 Å². The number of rotatable bonds is 3. The number of benzene rings is 1. The first-order valence-corrected chi connectivity index (χ1v) is 7.77. The van der Waals surface area contributed by atoms with E-state index in [1.165, 1.54) is 11.1 Å². The van der Waals surface area contributed by atoms with E-state index in [1.54, 1.807) is 0 Å². The van der Waals surface area contributed by atoms with E-state index in [1.807, 2.05) is 6.07 Å². The third-order valence-electron chi connectivity index (χ3n) is 4.46. The molecule has 2 aliphatic rings. The number of carbonyl (C=O) groups excluding carboxylic acids is 2. The first kappa shape index (κ1) is 14.3. The number of ether oxygens (including phenoxy) is 1. The van der Waals surface area contributed by atoms with Crippen LogP contribution in [0.15, 0.2) is 24.3 Å². The van der Waals surface area contributed by atoms with Crippen LogP contribution in [0.3, 0.4) is 0 Å². The Bertz CT molecular complexity index is 535. The van der Waals surface area contributed by atoms with E-state index in [2.05, 4.69) is 23.5 Å². The lowest BCUT2D eigenvalue weighted by Gasteiger charge is -2.23. The lowest BCUT2D eigenvalue weighted by molar-refractivity contribution is -0.161. The molecule has 1 saturated heterocycles. The summed E-state index contributed by atoms with van der Waals surface area (Å²) < 4.78 is 4.98. The lowest BCUT2D eigenvalue weighted by atomic mass is 9.82. The second kappa shape index (κ2) is 6.39. The van der Waals surface area contributed by atoms with Crippen LogP contribution in [0.1, 0.15) is 36.8 Å². The Morgan fingerprint density at radius 1 is 1.19 bits per heavy atom. The molecule has 21 heavy (non-hydrogen) atoms. The molecule has 0 amide bonds. The Morgan fingerprint density at radius 2 is 2.00 bits per heavy atom. The minimum Gasteiger partial charge on any atom is -0.392 e. The van der Waals surface area contributed by atoms with Gasteiger partial charge in [0.05, 0.1) is 0 Å². The van der Waals surface area contributed by atoms with Crippen LogP contribution in [0, 0.1) is 5.92 Å². The summed E-state index contributed by atoms with van der Waals surface area (Å²) in [7, 11) is 0. The summed E-state index contributed by atoms with van der Waals surface area (Å²) >= 11 is 0. The summed E-state index contributed by atoms with van der Waals surface area (Å²) in [6, 6.07) is 8.08. The SMILES string of the molecule is O=C(CC1CCc2ccccc2C1)OC(=O)[C@@H]1CCCN1. The summed E-state index contributed by atoms with van der Waals surface area (Å²) in [5, 5.41) is 3.05. The average Bonchev–Trinajstić information content (AvgIpc) is 3.01. The van der Waals surface area contributed by atoms with E-state index in [4.69, 9.17) is 4.74 Å². The maximum Gasteiger partial charge on any atom is 0.330 e. The molecule has 1 heterocycles. The zero-order valence-corrected chi connectivity index (χ0v) is 12.1. The lowest BCUT2D eigenvalue weighted by Crippen LogP contribution is -2.34. The third-order valence-corrected chi connectivity index (χ3v) is 4.46. The van der Waals surface area contributed by atoms with Crippen LogP contribution >= 0.6 is 0 Å². The molecule has 4 nitrogen and oxygen atoms in total. The quantitative estimate of drug-likeness (QED) is 0.682. The highest BCUT2D eigenvalue weighted by atomic mass is 16.6. The van der Waals surface area contributed by atoms with E-state index in [0.717, 1.165) is 38.6 Å². The van der Waals surface area contributed by atoms with Crippen molar-refractivity contribution in [3.8, 4) is 0 Å². The Hall–Kier alpha value is -1.68. The van der Waals surface area contributed by atoms with Crippen LogP contribution in [0.25, 0.3) is 0 Å². The molecule has 1 aliphatic heterocycles. The molecule has 0 spiro atoms. The molecule has 0 bridgehead atoms. The normalized spacial score (nSPS) is 24.4. The van der Waals surface area contributed by atoms with Crippen molar-refractivity contribution in [2.45, 2.75) is 44.6 Å². The summed E-state index contributed by atoms with van der Waals surface area (Å²) in [6.45, 7) is 0.827. The van der Waals surface area contributed by atoms with Crippen LogP contribution in [-0.2, 0) is 27.2 Å². The Kier molecular flexibility index (Phi) is 4.34. The molecule has 1 N–H and O–H groups in total. The molecule has 1 aromatic rings. The summed E-state index contributed by atoms with van der Waals surface area (Å²) in [4.78, 5) is 23.7. The van der Waals surface area contributed by atoms with E-state index >= 15 is 0 Å². The fraction of sp³-hybridized carbons (Fsp3) is 0.529. The van der Waals surface area contributed by atoms with Gasteiger partial charge in [-0.15, -0.1) is 0 Å². The maximum absolute atomic E-state index is 11.9. The Morgan fingerprint density at radius 3 is 2.76 bits per heavy atom. The van der Waals surface area contributed by atoms with Crippen molar-refractivity contribution in [2.24, 2.45) is 5.92 Å². The van der Waals surface area contributed by atoms with Crippen molar-refractivity contribution in [1.29, 1.82) is 0 Å². The van der Waals surface area contributed by atoms with Gasteiger partial charge in [0, 0.05) is 6.42 Å². The topological polar surface area (TPSA) is 55.4 Å². The van der Waals surface area contributed by atoms with Crippen molar-refractivity contribution in [3.63, 3.8) is 0 Å². The van der Waals surface area contributed by atoms with Gasteiger partial charge in [-0.2, -0.15) is 0 Å². The van der Waals surface area contributed by atoms with E-state index in [9.17, 15) is 9.59 Å². The summed E-state index contributed by atoms with van der Waals surface area (Å²) in [6.07, 6.45) is 4.97. The molecule has 1 aromatic carbocycles. The van der Waals surface area contributed by atoms with Gasteiger partial charge in [-0.1, -0.05) is 24.3 Å². The summed E-state index contributed by atoms with van der Waals surface area (Å²) in [5.41, 5.74) is 2.71. The second-order valence-corrected chi connectivity index (χ2v) is 6.02. The van der Waals surface area contributed by atoms with Crippen LogP contribution in [-0.4, -0.2) is 24.5 Å². The highest BCUT2D eigenvalue weighted by molar-refractivity contribution is 5.88. The minimum atomic E-state index is -0.409. The van der Waals surface area contributed by atoms with Crippen molar-refractivity contribution < 1.29 is 14.3 Å². The van der Waals surface area contributed by atoms with E-state index in [-0.39, 0.29) is 17.9 Å².